The van der Waals surface area contributed by atoms with Gasteiger partial charge in [-0.25, -0.2) is 9.50 Å². The van der Waals surface area contributed by atoms with Crippen molar-refractivity contribution in [3.8, 4) is 11.1 Å². The molecular weight excluding hydrogens is 410 g/mol. The van der Waals surface area contributed by atoms with E-state index < -0.39 is 0 Å². The van der Waals surface area contributed by atoms with Gasteiger partial charge >= 0.3 is 0 Å². The van der Waals surface area contributed by atoms with E-state index in [1.54, 1.807) is 0 Å². The van der Waals surface area contributed by atoms with Gasteiger partial charge < -0.3 is 0 Å². The quantitative estimate of drug-likeness (QED) is 0.216. The predicted molar refractivity (Wildman–Crippen MR) is 135 cm³/mol. The molecular formula is C28H27N3S. The zero-order chi connectivity index (χ0) is 22.3. The summed E-state index contributed by atoms with van der Waals surface area (Å²) in [5.74, 6) is 0.879. The summed E-state index contributed by atoms with van der Waals surface area (Å²) in [6.45, 7) is 8.73. The van der Waals surface area contributed by atoms with E-state index in [4.69, 9.17) is 10.1 Å². The summed E-state index contributed by atoms with van der Waals surface area (Å²) in [4.78, 5) is 5.10. The summed E-state index contributed by atoms with van der Waals surface area (Å²) in [6.07, 6.45) is 0. The van der Waals surface area contributed by atoms with Gasteiger partial charge in [-0.05, 0) is 34.9 Å². The summed E-state index contributed by atoms with van der Waals surface area (Å²) in [6, 6.07) is 27.8. The molecule has 3 nitrogen and oxygen atoms in total. The first kappa shape index (κ1) is 20.8. The van der Waals surface area contributed by atoms with Gasteiger partial charge in [-0.15, -0.1) is 11.8 Å². The molecule has 0 aliphatic rings. The zero-order valence-corrected chi connectivity index (χ0v) is 19.8. The summed E-state index contributed by atoms with van der Waals surface area (Å²) in [5, 5.41) is 8.63. The highest BCUT2D eigenvalue weighted by atomic mass is 32.2. The van der Waals surface area contributed by atoms with Crippen LogP contribution in [0.4, 0.5) is 0 Å². The van der Waals surface area contributed by atoms with Crippen molar-refractivity contribution in [3.63, 3.8) is 0 Å². The van der Waals surface area contributed by atoms with E-state index in [9.17, 15) is 0 Å². The summed E-state index contributed by atoms with van der Waals surface area (Å²) in [5.41, 5.74) is 6.57. The van der Waals surface area contributed by atoms with Crippen molar-refractivity contribution in [3.05, 3.63) is 95.8 Å². The number of benzene rings is 3. The van der Waals surface area contributed by atoms with E-state index in [-0.39, 0.29) is 5.41 Å². The van der Waals surface area contributed by atoms with Gasteiger partial charge in [0.05, 0.1) is 11.4 Å². The van der Waals surface area contributed by atoms with E-state index in [1.807, 2.05) is 22.3 Å². The predicted octanol–water partition coefficient (Wildman–Crippen LogP) is 7.45. The molecule has 160 valence electrons. The fourth-order valence-electron chi connectivity index (χ4n) is 4.10. The minimum atomic E-state index is -0.0529. The van der Waals surface area contributed by atoms with Gasteiger partial charge in [0.2, 0.25) is 0 Å². The smallest absolute Gasteiger partial charge is 0.164 e. The third-order valence-electron chi connectivity index (χ3n) is 5.82. The average molecular weight is 438 g/mol. The molecule has 0 amide bonds. The van der Waals surface area contributed by atoms with E-state index in [0.717, 1.165) is 38.9 Å². The standard InChI is InChI=1S/C28H27N3S/c1-19-26(21-12-6-5-7-13-21)27-29-24(28(2,3)4)17-25(31(27)30-19)32-18-22-15-10-14-20-11-8-9-16-23(20)22/h5-17H,18H2,1-4H3. The number of aryl methyl sites for hydroxylation is 1. The second-order valence-corrected chi connectivity index (χ2v) is 10.2. The van der Waals surface area contributed by atoms with Crippen molar-refractivity contribution in [2.45, 2.75) is 43.9 Å². The molecule has 32 heavy (non-hydrogen) atoms. The molecule has 0 fully saturated rings. The molecule has 5 aromatic rings. The first-order chi connectivity index (χ1) is 15.4. The fraction of sp³-hybridized carbons (Fsp3) is 0.214. The number of aromatic nitrogens is 3. The van der Waals surface area contributed by atoms with Crippen molar-refractivity contribution in [2.75, 3.05) is 0 Å². The summed E-state index contributed by atoms with van der Waals surface area (Å²) in [7, 11) is 0. The second kappa shape index (κ2) is 8.10. The van der Waals surface area contributed by atoms with Crippen molar-refractivity contribution in [1.82, 2.24) is 14.6 Å². The lowest BCUT2D eigenvalue weighted by molar-refractivity contribution is 0.563. The first-order valence-corrected chi connectivity index (χ1v) is 12.0. The maximum absolute atomic E-state index is 5.10. The third kappa shape index (κ3) is 3.80. The Labute approximate surface area is 193 Å². The SMILES string of the molecule is Cc1nn2c(SCc3cccc4ccccc34)cc(C(C)(C)C)nc2c1-c1ccccc1. The first-order valence-electron chi connectivity index (χ1n) is 11.0. The van der Waals surface area contributed by atoms with Crippen LogP contribution in [0.15, 0.2) is 83.9 Å². The molecule has 5 rings (SSSR count). The molecule has 4 heteroatoms. The van der Waals surface area contributed by atoms with Crippen molar-refractivity contribution in [2.24, 2.45) is 0 Å². The molecule has 0 bridgehead atoms. The minimum absolute atomic E-state index is 0.0529. The molecule has 0 aliphatic carbocycles. The number of fused-ring (bicyclic) bond motifs is 2. The molecule has 0 saturated heterocycles. The van der Waals surface area contributed by atoms with Crippen LogP contribution in [0.2, 0.25) is 0 Å². The lowest BCUT2D eigenvalue weighted by atomic mass is 9.92. The Hall–Kier alpha value is -3.11. The summed E-state index contributed by atoms with van der Waals surface area (Å²) >= 11 is 1.83. The molecule has 0 radical (unpaired) electrons. The van der Waals surface area contributed by atoms with E-state index in [0.29, 0.717) is 0 Å². The Morgan fingerprint density at radius 2 is 1.59 bits per heavy atom. The maximum atomic E-state index is 5.10. The van der Waals surface area contributed by atoms with Crippen molar-refractivity contribution >= 4 is 28.2 Å². The van der Waals surface area contributed by atoms with Crippen LogP contribution in [0, 0.1) is 6.92 Å². The van der Waals surface area contributed by atoms with Gasteiger partial charge in [0.1, 0.15) is 5.03 Å². The van der Waals surface area contributed by atoms with Gasteiger partial charge in [0.15, 0.2) is 5.65 Å². The van der Waals surface area contributed by atoms with Crippen LogP contribution < -0.4 is 0 Å². The Morgan fingerprint density at radius 3 is 2.38 bits per heavy atom. The molecule has 0 N–H and O–H groups in total. The van der Waals surface area contributed by atoms with Crippen LogP contribution in [0.3, 0.4) is 0 Å². The van der Waals surface area contributed by atoms with Crippen molar-refractivity contribution < 1.29 is 0 Å². The average Bonchev–Trinajstić information content (AvgIpc) is 3.13. The van der Waals surface area contributed by atoms with Crippen LogP contribution in [0.25, 0.3) is 27.5 Å². The maximum Gasteiger partial charge on any atom is 0.164 e. The molecule has 3 aromatic carbocycles. The Kier molecular flexibility index (Phi) is 5.26. The molecule has 2 aromatic heterocycles. The molecule has 2 heterocycles. The van der Waals surface area contributed by atoms with E-state index in [2.05, 4.69) is 100 Å². The van der Waals surface area contributed by atoms with Crippen LogP contribution in [0.1, 0.15) is 37.7 Å². The van der Waals surface area contributed by atoms with E-state index in [1.165, 1.54) is 16.3 Å². The highest BCUT2D eigenvalue weighted by Crippen LogP contribution is 2.34. The Balaban J connectivity index is 1.63. The van der Waals surface area contributed by atoms with Crippen molar-refractivity contribution in [1.29, 1.82) is 0 Å². The number of nitrogens with zero attached hydrogens (tertiary/aromatic N) is 3. The highest BCUT2D eigenvalue weighted by molar-refractivity contribution is 7.98. The minimum Gasteiger partial charge on any atom is -0.232 e. The fourth-order valence-corrected chi connectivity index (χ4v) is 5.10. The van der Waals surface area contributed by atoms with Crippen LogP contribution in [0.5, 0.6) is 0 Å². The summed E-state index contributed by atoms with van der Waals surface area (Å²) < 4.78 is 2.03. The van der Waals surface area contributed by atoms with Gasteiger partial charge in [-0.2, -0.15) is 5.10 Å². The topological polar surface area (TPSA) is 30.2 Å². The van der Waals surface area contributed by atoms with Crippen LogP contribution in [-0.4, -0.2) is 14.6 Å². The highest BCUT2D eigenvalue weighted by Gasteiger charge is 2.22. The largest absolute Gasteiger partial charge is 0.232 e. The number of rotatable bonds is 4. The normalized spacial score (nSPS) is 12.0. The molecule has 0 saturated carbocycles. The zero-order valence-electron chi connectivity index (χ0n) is 19.0. The van der Waals surface area contributed by atoms with Crippen LogP contribution >= 0.6 is 11.8 Å². The molecule has 0 unspecified atom stereocenters. The lowest BCUT2D eigenvalue weighted by Gasteiger charge is -2.19. The van der Waals surface area contributed by atoms with Gasteiger partial charge in [0, 0.05) is 16.7 Å². The third-order valence-corrected chi connectivity index (χ3v) is 6.86. The van der Waals surface area contributed by atoms with Gasteiger partial charge in [-0.1, -0.05) is 93.6 Å². The Morgan fingerprint density at radius 1 is 0.875 bits per heavy atom. The lowest BCUT2D eigenvalue weighted by Crippen LogP contribution is -2.15. The monoisotopic (exact) mass is 437 g/mol. The number of thioether (sulfide) groups is 1. The van der Waals surface area contributed by atoms with E-state index >= 15 is 0 Å². The molecule has 0 spiro atoms. The van der Waals surface area contributed by atoms with Gasteiger partial charge in [0.25, 0.3) is 0 Å². The Bertz CT molecular complexity index is 1410. The molecule has 0 atom stereocenters. The molecule has 0 aliphatic heterocycles. The van der Waals surface area contributed by atoms with Gasteiger partial charge in [-0.3, -0.25) is 0 Å². The number of hydrogen-bond acceptors (Lipinski definition) is 3. The second-order valence-electron chi connectivity index (χ2n) is 9.22. The number of hydrogen-bond donors (Lipinski definition) is 0. The van der Waals surface area contributed by atoms with Crippen LogP contribution in [-0.2, 0) is 11.2 Å².